The van der Waals surface area contributed by atoms with Crippen molar-refractivity contribution in [3.8, 4) is 0 Å². The first-order chi connectivity index (χ1) is 10.9. The molecule has 0 aliphatic carbocycles. The van der Waals surface area contributed by atoms with Crippen molar-refractivity contribution in [1.29, 1.82) is 0 Å². The third-order valence-corrected chi connectivity index (χ3v) is 7.66. The molecule has 0 aromatic rings. The molecule has 0 aliphatic heterocycles. The Morgan fingerprint density at radius 1 is 0.826 bits per heavy atom. The first-order valence-electron chi connectivity index (χ1n) is 9.03. The average molecular weight is 345 g/mol. The van der Waals surface area contributed by atoms with Gasteiger partial charge in [0.25, 0.3) is 0 Å². The number of rotatable bonds is 13. The van der Waals surface area contributed by atoms with E-state index >= 15 is 0 Å². The first kappa shape index (κ1) is 22.2. The summed E-state index contributed by atoms with van der Waals surface area (Å²) in [7, 11) is 1.04. The second-order valence-corrected chi connectivity index (χ2v) is 12.4. The Labute approximate surface area is 143 Å². The third-order valence-electron chi connectivity index (χ3n) is 4.44. The molecule has 0 aliphatic rings. The minimum atomic E-state index is -1.61. The van der Waals surface area contributed by atoms with Crippen LogP contribution in [0.25, 0.3) is 0 Å². The Balaban J connectivity index is 4.10. The van der Waals surface area contributed by atoms with Crippen molar-refractivity contribution in [1.82, 2.24) is 0 Å². The van der Waals surface area contributed by atoms with E-state index in [1.165, 1.54) is 65.6 Å². The summed E-state index contributed by atoms with van der Waals surface area (Å²) in [5.74, 6) is -1.68. The fourth-order valence-electron chi connectivity index (χ4n) is 2.94. The quantitative estimate of drug-likeness (QED) is 0.208. The number of unbranched alkanes of at least 4 members (excludes halogenated alkanes) is 7. The molecular weight excluding hydrogens is 308 g/mol. The minimum absolute atomic E-state index is 0.464. The molecule has 0 amide bonds. The van der Waals surface area contributed by atoms with Crippen molar-refractivity contribution in [3.63, 3.8) is 0 Å². The fraction of sp³-hybridized carbons (Fsp3) is 0.889. The summed E-state index contributed by atoms with van der Waals surface area (Å²) in [6, 6.07) is 1.76. The predicted octanol–water partition coefficient (Wildman–Crippen LogP) is 4.80. The van der Waals surface area contributed by atoms with E-state index in [0.29, 0.717) is 6.04 Å². The van der Waals surface area contributed by atoms with Gasteiger partial charge in [0.05, 0.1) is 14.2 Å². The van der Waals surface area contributed by atoms with Crippen LogP contribution in [0.15, 0.2) is 0 Å². The van der Waals surface area contributed by atoms with E-state index in [2.05, 4.69) is 20.0 Å². The molecule has 23 heavy (non-hydrogen) atoms. The fourth-order valence-corrected chi connectivity index (χ4v) is 5.79. The van der Waals surface area contributed by atoms with Crippen LogP contribution < -0.4 is 0 Å². The lowest BCUT2D eigenvalue weighted by Crippen LogP contribution is -2.36. The average Bonchev–Trinajstić information content (AvgIpc) is 2.53. The van der Waals surface area contributed by atoms with Crippen LogP contribution in [-0.4, -0.2) is 34.2 Å². The summed E-state index contributed by atoms with van der Waals surface area (Å²) in [5, 5.41) is 0. The van der Waals surface area contributed by atoms with Crippen molar-refractivity contribution < 1.29 is 19.1 Å². The maximum atomic E-state index is 11.8. The third kappa shape index (κ3) is 10.5. The van der Waals surface area contributed by atoms with Crippen LogP contribution >= 0.6 is 0 Å². The monoisotopic (exact) mass is 344 g/mol. The van der Waals surface area contributed by atoms with E-state index in [1.54, 1.807) is 0 Å². The highest BCUT2D eigenvalue weighted by Crippen LogP contribution is 2.26. The zero-order valence-electron chi connectivity index (χ0n) is 15.8. The molecule has 0 saturated heterocycles. The van der Waals surface area contributed by atoms with Gasteiger partial charge < -0.3 is 9.47 Å². The lowest BCUT2D eigenvalue weighted by Gasteiger charge is -2.25. The summed E-state index contributed by atoms with van der Waals surface area (Å²) in [6.07, 6.45) is 10.4. The Bertz CT molecular complexity index is 326. The zero-order chi connectivity index (χ0) is 17.7. The van der Waals surface area contributed by atoms with Crippen LogP contribution in [0.3, 0.4) is 0 Å². The maximum absolute atomic E-state index is 11.8. The molecule has 0 radical (unpaired) electrons. The normalized spacial score (nSPS) is 11.6. The topological polar surface area (TPSA) is 52.6 Å². The molecule has 0 N–H and O–H groups in total. The van der Waals surface area contributed by atoms with Gasteiger partial charge in [0.15, 0.2) is 5.92 Å². The van der Waals surface area contributed by atoms with E-state index < -0.39 is 25.9 Å². The molecule has 0 rings (SSSR count). The SMILES string of the molecule is CCCCCCCCCC[Si](C)(C)CC(C(=O)OC)C(=O)OC. The van der Waals surface area contributed by atoms with Gasteiger partial charge in [0, 0.05) is 8.07 Å². The summed E-state index contributed by atoms with van der Waals surface area (Å²) in [4.78, 5) is 23.6. The number of methoxy groups -OCH3 is 2. The van der Waals surface area contributed by atoms with E-state index in [0.717, 1.165) is 6.04 Å². The second kappa shape index (κ2) is 12.6. The Kier molecular flexibility index (Phi) is 12.1. The number of esters is 2. The first-order valence-corrected chi connectivity index (χ1v) is 12.4. The minimum Gasteiger partial charge on any atom is -0.468 e. The summed E-state index contributed by atoms with van der Waals surface area (Å²) < 4.78 is 9.51. The van der Waals surface area contributed by atoms with E-state index in [9.17, 15) is 9.59 Å². The summed E-state index contributed by atoms with van der Waals surface area (Å²) in [5.41, 5.74) is 0. The summed E-state index contributed by atoms with van der Waals surface area (Å²) >= 11 is 0. The smallest absolute Gasteiger partial charge is 0.319 e. The molecule has 0 aromatic carbocycles. The van der Waals surface area contributed by atoms with E-state index in [1.807, 2.05) is 0 Å². The van der Waals surface area contributed by atoms with E-state index in [-0.39, 0.29) is 0 Å². The maximum Gasteiger partial charge on any atom is 0.319 e. The number of hydrogen-bond acceptors (Lipinski definition) is 4. The van der Waals surface area contributed by atoms with Crippen LogP contribution in [0.2, 0.25) is 25.2 Å². The van der Waals surface area contributed by atoms with E-state index in [4.69, 9.17) is 9.47 Å². The van der Waals surface area contributed by atoms with Gasteiger partial charge in [-0.15, -0.1) is 0 Å². The molecule has 5 heteroatoms. The van der Waals surface area contributed by atoms with Gasteiger partial charge in [0.2, 0.25) is 0 Å². The number of ether oxygens (including phenoxy) is 2. The molecule has 0 atom stereocenters. The van der Waals surface area contributed by atoms with Crippen LogP contribution in [-0.2, 0) is 19.1 Å². The van der Waals surface area contributed by atoms with Gasteiger partial charge in [-0.05, 0) is 6.04 Å². The molecular formula is C18H36O4Si. The molecule has 0 unspecified atom stereocenters. The highest BCUT2D eigenvalue weighted by atomic mass is 28.3. The lowest BCUT2D eigenvalue weighted by molar-refractivity contribution is -0.157. The second-order valence-electron chi connectivity index (χ2n) is 7.19. The van der Waals surface area contributed by atoms with Crippen molar-refractivity contribution in [2.75, 3.05) is 14.2 Å². The zero-order valence-corrected chi connectivity index (χ0v) is 16.8. The Hall–Kier alpha value is -0.843. The van der Waals surface area contributed by atoms with Gasteiger partial charge in [-0.3, -0.25) is 9.59 Å². The number of carbonyl (C=O) groups is 2. The van der Waals surface area contributed by atoms with Crippen LogP contribution in [0.5, 0.6) is 0 Å². The Morgan fingerprint density at radius 3 is 1.70 bits per heavy atom. The molecule has 0 fully saturated rings. The standard InChI is InChI=1S/C18H36O4Si/c1-6-7-8-9-10-11-12-13-14-23(4,5)15-16(17(19)21-2)18(20)22-3/h16H,6-15H2,1-5H3. The van der Waals surface area contributed by atoms with Crippen molar-refractivity contribution in [2.45, 2.75) is 83.5 Å². The molecule has 0 aromatic heterocycles. The van der Waals surface area contributed by atoms with Gasteiger partial charge in [-0.2, -0.15) is 0 Å². The number of hydrogen-bond donors (Lipinski definition) is 0. The predicted molar refractivity (Wildman–Crippen MR) is 97.2 cm³/mol. The highest BCUT2D eigenvalue weighted by molar-refractivity contribution is 6.77. The lowest BCUT2D eigenvalue weighted by atomic mass is 10.1. The number of carbonyl (C=O) groups excluding carboxylic acids is 2. The van der Waals surface area contributed by atoms with Crippen LogP contribution in [0.1, 0.15) is 58.3 Å². The van der Waals surface area contributed by atoms with Crippen LogP contribution in [0.4, 0.5) is 0 Å². The van der Waals surface area contributed by atoms with Crippen molar-refractivity contribution in [2.24, 2.45) is 5.92 Å². The van der Waals surface area contributed by atoms with Gasteiger partial charge >= 0.3 is 11.9 Å². The van der Waals surface area contributed by atoms with Gasteiger partial charge in [0.1, 0.15) is 0 Å². The molecule has 4 nitrogen and oxygen atoms in total. The molecule has 0 bridgehead atoms. The van der Waals surface area contributed by atoms with Gasteiger partial charge in [-0.1, -0.05) is 77.4 Å². The summed E-state index contributed by atoms with van der Waals surface area (Å²) in [6.45, 7) is 6.73. The molecule has 0 spiro atoms. The van der Waals surface area contributed by atoms with Gasteiger partial charge in [-0.25, -0.2) is 0 Å². The molecule has 0 saturated carbocycles. The largest absolute Gasteiger partial charge is 0.468 e. The highest BCUT2D eigenvalue weighted by Gasteiger charge is 2.35. The Morgan fingerprint density at radius 2 is 1.26 bits per heavy atom. The van der Waals surface area contributed by atoms with Crippen molar-refractivity contribution in [3.05, 3.63) is 0 Å². The molecule has 136 valence electrons. The molecule has 0 heterocycles. The van der Waals surface area contributed by atoms with Crippen molar-refractivity contribution >= 4 is 20.0 Å². The van der Waals surface area contributed by atoms with Crippen LogP contribution in [0, 0.1) is 5.92 Å².